The quantitative estimate of drug-likeness (QED) is 0.658. The summed E-state index contributed by atoms with van der Waals surface area (Å²) in [6.07, 6.45) is -1.93. The molecule has 0 heterocycles. The molecular formula is C13H16FNO4. The van der Waals surface area contributed by atoms with Crippen LogP contribution >= 0.6 is 0 Å². The molecule has 0 spiro atoms. The van der Waals surface area contributed by atoms with Crippen molar-refractivity contribution in [3.8, 4) is 0 Å². The molecule has 19 heavy (non-hydrogen) atoms. The SMILES string of the molecule is CC(=O)NCCC(O)C(O)c1ccc(F)cc1C=O. The fraction of sp³-hybridized carbons (Fsp3) is 0.385. The first-order valence-corrected chi connectivity index (χ1v) is 5.81. The largest absolute Gasteiger partial charge is 0.390 e. The molecule has 2 unspecified atom stereocenters. The van der Waals surface area contributed by atoms with Gasteiger partial charge in [0.05, 0.1) is 6.10 Å². The van der Waals surface area contributed by atoms with Gasteiger partial charge in [-0.05, 0) is 24.1 Å². The first-order valence-electron chi connectivity index (χ1n) is 5.81. The van der Waals surface area contributed by atoms with E-state index in [4.69, 9.17) is 0 Å². The third kappa shape index (κ3) is 4.42. The number of rotatable bonds is 6. The lowest BCUT2D eigenvalue weighted by atomic mass is 9.97. The Balaban J connectivity index is 2.73. The van der Waals surface area contributed by atoms with Crippen LogP contribution in [-0.4, -0.2) is 35.1 Å². The predicted octanol–water partition coefficient (Wildman–Crippen LogP) is 0.559. The molecule has 1 aromatic carbocycles. The van der Waals surface area contributed by atoms with E-state index in [0.717, 1.165) is 12.1 Å². The molecule has 0 aliphatic heterocycles. The molecule has 0 fully saturated rings. The molecule has 3 N–H and O–H groups in total. The number of nitrogens with one attached hydrogen (secondary N) is 1. The van der Waals surface area contributed by atoms with Gasteiger partial charge < -0.3 is 15.5 Å². The predicted molar refractivity (Wildman–Crippen MR) is 66.1 cm³/mol. The number of hydrogen-bond donors (Lipinski definition) is 3. The molecule has 1 amide bonds. The smallest absolute Gasteiger partial charge is 0.216 e. The van der Waals surface area contributed by atoms with Gasteiger partial charge in [-0.1, -0.05) is 6.07 Å². The summed E-state index contributed by atoms with van der Waals surface area (Å²) in [5.41, 5.74) is 0.151. The van der Waals surface area contributed by atoms with Gasteiger partial charge in [0.15, 0.2) is 6.29 Å². The number of carbonyl (C=O) groups excluding carboxylic acids is 2. The number of aliphatic hydroxyl groups excluding tert-OH is 2. The zero-order valence-electron chi connectivity index (χ0n) is 10.5. The van der Waals surface area contributed by atoms with E-state index >= 15 is 0 Å². The molecular weight excluding hydrogens is 253 g/mol. The average molecular weight is 269 g/mol. The number of amides is 1. The van der Waals surface area contributed by atoms with Crippen LogP contribution in [0.4, 0.5) is 4.39 Å². The Morgan fingerprint density at radius 1 is 1.47 bits per heavy atom. The number of halogens is 1. The maximum atomic E-state index is 12.9. The molecule has 0 aromatic heterocycles. The van der Waals surface area contributed by atoms with Crippen LogP contribution < -0.4 is 5.32 Å². The number of hydrogen-bond acceptors (Lipinski definition) is 4. The Morgan fingerprint density at radius 2 is 2.16 bits per heavy atom. The van der Waals surface area contributed by atoms with Gasteiger partial charge in [-0.15, -0.1) is 0 Å². The van der Waals surface area contributed by atoms with Crippen LogP contribution in [0, 0.1) is 5.82 Å². The summed E-state index contributed by atoms with van der Waals surface area (Å²) in [5.74, 6) is -0.831. The first-order chi connectivity index (χ1) is 8.95. The van der Waals surface area contributed by atoms with E-state index in [1.807, 2.05) is 0 Å². The van der Waals surface area contributed by atoms with E-state index in [0.29, 0.717) is 6.29 Å². The number of carbonyl (C=O) groups is 2. The van der Waals surface area contributed by atoms with Crippen LogP contribution in [0.15, 0.2) is 18.2 Å². The Labute approximate surface area is 110 Å². The van der Waals surface area contributed by atoms with Crippen LogP contribution in [0.5, 0.6) is 0 Å². The Bertz CT molecular complexity index is 464. The standard InChI is InChI=1S/C13H16FNO4/c1-8(17)15-5-4-12(18)13(19)11-3-2-10(14)6-9(11)7-16/h2-3,6-7,12-13,18-19H,4-5H2,1H3,(H,15,17). The summed E-state index contributed by atoms with van der Waals surface area (Å²) in [6.45, 7) is 1.54. The highest BCUT2D eigenvalue weighted by molar-refractivity contribution is 5.77. The first kappa shape index (κ1) is 15.3. The maximum absolute atomic E-state index is 12.9. The third-order valence-electron chi connectivity index (χ3n) is 2.67. The minimum atomic E-state index is -1.31. The fourth-order valence-corrected chi connectivity index (χ4v) is 1.68. The molecule has 0 saturated carbocycles. The van der Waals surface area contributed by atoms with E-state index in [1.165, 1.54) is 13.0 Å². The summed E-state index contributed by atoms with van der Waals surface area (Å²) in [6, 6.07) is 3.35. The van der Waals surface area contributed by atoms with E-state index in [2.05, 4.69) is 5.32 Å². The third-order valence-corrected chi connectivity index (χ3v) is 2.67. The highest BCUT2D eigenvalue weighted by Gasteiger charge is 2.21. The van der Waals surface area contributed by atoms with Crippen LogP contribution in [0.25, 0.3) is 0 Å². The molecule has 0 radical (unpaired) electrons. The minimum absolute atomic E-state index is 0.00826. The van der Waals surface area contributed by atoms with Crippen molar-refractivity contribution in [2.75, 3.05) is 6.54 Å². The normalized spacial score (nSPS) is 13.7. The molecule has 5 nitrogen and oxygen atoms in total. The van der Waals surface area contributed by atoms with E-state index in [-0.39, 0.29) is 30.0 Å². The van der Waals surface area contributed by atoms with Gasteiger partial charge >= 0.3 is 0 Å². The number of aliphatic hydroxyl groups is 2. The van der Waals surface area contributed by atoms with Crippen molar-refractivity contribution in [2.45, 2.75) is 25.6 Å². The molecule has 1 rings (SSSR count). The Kier molecular flexibility index (Phi) is 5.59. The molecule has 2 atom stereocenters. The van der Waals surface area contributed by atoms with E-state index in [1.54, 1.807) is 0 Å². The van der Waals surface area contributed by atoms with Gasteiger partial charge in [0.1, 0.15) is 11.9 Å². The number of benzene rings is 1. The molecule has 1 aromatic rings. The zero-order valence-corrected chi connectivity index (χ0v) is 10.5. The second kappa shape index (κ2) is 6.96. The van der Waals surface area contributed by atoms with Gasteiger partial charge in [-0.3, -0.25) is 9.59 Å². The molecule has 6 heteroatoms. The average Bonchev–Trinajstić information content (AvgIpc) is 2.37. The second-order valence-electron chi connectivity index (χ2n) is 4.17. The van der Waals surface area contributed by atoms with Crippen LogP contribution in [0.3, 0.4) is 0 Å². The van der Waals surface area contributed by atoms with Gasteiger partial charge in [0.2, 0.25) is 5.91 Å². The lowest BCUT2D eigenvalue weighted by Gasteiger charge is -2.19. The minimum Gasteiger partial charge on any atom is -0.390 e. The number of aldehydes is 1. The summed E-state index contributed by atoms with van der Waals surface area (Å²) < 4.78 is 12.9. The van der Waals surface area contributed by atoms with Crippen LogP contribution in [0.2, 0.25) is 0 Å². The molecule has 0 aliphatic rings. The fourth-order valence-electron chi connectivity index (χ4n) is 1.68. The molecule has 0 aliphatic carbocycles. The molecule has 0 bridgehead atoms. The van der Waals surface area contributed by atoms with Crippen molar-refractivity contribution in [1.29, 1.82) is 0 Å². The van der Waals surface area contributed by atoms with Crippen LogP contribution in [0.1, 0.15) is 35.4 Å². The summed E-state index contributed by atoms with van der Waals surface area (Å²) in [5, 5.41) is 22.2. The van der Waals surface area contributed by atoms with Gasteiger partial charge in [0, 0.05) is 19.0 Å². The summed E-state index contributed by atoms with van der Waals surface area (Å²) in [4.78, 5) is 21.5. The molecule has 0 saturated heterocycles. The topological polar surface area (TPSA) is 86.6 Å². The lowest BCUT2D eigenvalue weighted by Crippen LogP contribution is -2.28. The van der Waals surface area contributed by atoms with Crippen molar-refractivity contribution in [1.82, 2.24) is 5.32 Å². The van der Waals surface area contributed by atoms with Crippen molar-refractivity contribution < 1.29 is 24.2 Å². The van der Waals surface area contributed by atoms with Crippen molar-refractivity contribution in [3.05, 3.63) is 35.1 Å². The molecule has 104 valence electrons. The van der Waals surface area contributed by atoms with Crippen LogP contribution in [-0.2, 0) is 4.79 Å². The second-order valence-corrected chi connectivity index (χ2v) is 4.17. The summed E-state index contributed by atoms with van der Waals surface area (Å²) in [7, 11) is 0. The van der Waals surface area contributed by atoms with Gasteiger partial charge in [-0.2, -0.15) is 0 Å². The van der Waals surface area contributed by atoms with E-state index in [9.17, 15) is 24.2 Å². The Hall–Kier alpha value is -1.79. The summed E-state index contributed by atoms with van der Waals surface area (Å²) >= 11 is 0. The van der Waals surface area contributed by atoms with Crippen molar-refractivity contribution in [3.63, 3.8) is 0 Å². The van der Waals surface area contributed by atoms with Gasteiger partial charge in [-0.25, -0.2) is 4.39 Å². The lowest BCUT2D eigenvalue weighted by molar-refractivity contribution is -0.119. The highest BCUT2D eigenvalue weighted by Crippen LogP contribution is 2.22. The van der Waals surface area contributed by atoms with Crippen molar-refractivity contribution in [2.24, 2.45) is 0 Å². The van der Waals surface area contributed by atoms with Crippen molar-refractivity contribution >= 4 is 12.2 Å². The van der Waals surface area contributed by atoms with Gasteiger partial charge in [0.25, 0.3) is 0 Å². The zero-order chi connectivity index (χ0) is 14.4. The Morgan fingerprint density at radius 3 is 2.74 bits per heavy atom. The maximum Gasteiger partial charge on any atom is 0.216 e. The van der Waals surface area contributed by atoms with E-state index < -0.39 is 18.0 Å². The monoisotopic (exact) mass is 269 g/mol. The highest BCUT2D eigenvalue weighted by atomic mass is 19.1.